The van der Waals surface area contributed by atoms with Gasteiger partial charge in [0.25, 0.3) is 0 Å². The van der Waals surface area contributed by atoms with Crippen LogP contribution in [0.5, 0.6) is 5.75 Å². The van der Waals surface area contributed by atoms with Gasteiger partial charge in [-0.2, -0.15) is 0 Å². The van der Waals surface area contributed by atoms with Crippen LogP contribution in [-0.2, 0) is 0 Å². The fraction of sp³-hybridized carbons (Fsp3) is 0. The number of fused-ring (bicyclic) bond motifs is 1. The highest BCUT2D eigenvalue weighted by molar-refractivity contribution is 14.1. The summed E-state index contributed by atoms with van der Waals surface area (Å²) in [7, 11) is 0. The number of nitrogens with two attached hydrogens (primary N) is 1. The van der Waals surface area contributed by atoms with Crippen molar-refractivity contribution in [3.8, 4) is 5.75 Å². The number of thiophene rings is 1. The van der Waals surface area contributed by atoms with Crippen molar-refractivity contribution in [2.45, 2.75) is 0 Å². The summed E-state index contributed by atoms with van der Waals surface area (Å²) in [6, 6.07) is 5.52. The quantitative estimate of drug-likeness (QED) is 0.579. The number of hydrogen-bond acceptors (Lipinski definition) is 3. The van der Waals surface area contributed by atoms with Crippen LogP contribution in [0.2, 0.25) is 0 Å². The lowest BCUT2D eigenvalue weighted by Crippen LogP contribution is -1.80. The molecule has 0 bridgehead atoms. The molecule has 0 radical (unpaired) electrons. The zero-order valence-corrected chi connectivity index (χ0v) is 9.02. The third-order valence-corrected chi connectivity index (χ3v) is 3.75. The van der Waals surface area contributed by atoms with Crippen LogP contribution in [0.25, 0.3) is 10.1 Å². The van der Waals surface area contributed by atoms with E-state index in [0.717, 1.165) is 18.7 Å². The van der Waals surface area contributed by atoms with Gasteiger partial charge in [0.2, 0.25) is 0 Å². The summed E-state index contributed by atoms with van der Waals surface area (Å²) >= 11 is 3.67. The van der Waals surface area contributed by atoms with Gasteiger partial charge in [0.15, 0.2) is 0 Å². The number of hydrogen-bond donors (Lipinski definition) is 2. The van der Waals surface area contributed by atoms with Gasteiger partial charge >= 0.3 is 0 Å². The number of halogens is 1. The van der Waals surface area contributed by atoms with Crippen molar-refractivity contribution in [1.82, 2.24) is 0 Å². The second-order valence-corrected chi connectivity index (χ2v) is 5.34. The average Bonchev–Trinajstić information content (AvgIpc) is 2.28. The van der Waals surface area contributed by atoms with E-state index in [1.54, 1.807) is 17.4 Å². The summed E-state index contributed by atoms with van der Waals surface area (Å²) in [4.78, 5) is 0. The molecule has 0 aliphatic rings. The summed E-state index contributed by atoms with van der Waals surface area (Å²) in [6.07, 6.45) is 0. The fourth-order valence-electron chi connectivity index (χ4n) is 1.07. The Labute approximate surface area is 87.1 Å². The summed E-state index contributed by atoms with van der Waals surface area (Å²) in [5.41, 5.74) is 6.34. The van der Waals surface area contributed by atoms with Gasteiger partial charge in [-0.25, -0.2) is 0 Å². The highest BCUT2D eigenvalue weighted by atomic mass is 127. The minimum absolute atomic E-state index is 0.371. The SMILES string of the molecule is Nc1ccc2c(O)c(I)sc2c1. The standard InChI is InChI=1S/C8H6INOS/c9-8-7(11)5-2-1-4(10)3-6(5)12-8/h1-3,11H,10H2. The van der Waals surface area contributed by atoms with E-state index in [0.29, 0.717) is 5.75 Å². The zero-order valence-electron chi connectivity index (χ0n) is 6.04. The predicted molar refractivity (Wildman–Crippen MR) is 60.6 cm³/mol. The molecule has 62 valence electrons. The van der Waals surface area contributed by atoms with Crippen LogP contribution in [0.15, 0.2) is 18.2 Å². The number of anilines is 1. The molecule has 0 aliphatic heterocycles. The molecule has 0 aliphatic carbocycles. The van der Waals surface area contributed by atoms with E-state index in [1.165, 1.54) is 0 Å². The normalized spacial score (nSPS) is 10.8. The van der Waals surface area contributed by atoms with Crippen LogP contribution in [0.1, 0.15) is 0 Å². The molecule has 1 heterocycles. The molecule has 3 N–H and O–H groups in total. The van der Waals surface area contributed by atoms with Gasteiger partial charge < -0.3 is 10.8 Å². The molecule has 0 saturated carbocycles. The van der Waals surface area contributed by atoms with E-state index in [9.17, 15) is 5.11 Å². The molecule has 2 rings (SSSR count). The van der Waals surface area contributed by atoms with Gasteiger partial charge in [0.05, 0.1) is 0 Å². The van der Waals surface area contributed by atoms with Crippen LogP contribution < -0.4 is 5.73 Å². The third-order valence-electron chi connectivity index (χ3n) is 1.65. The molecule has 2 nitrogen and oxygen atoms in total. The maximum atomic E-state index is 9.55. The van der Waals surface area contributed by atoms with Crippen molar-refractivity contribution in [3.63, 3.8) is 0 Å². The zero-order chi connectivity index (χ0) is 8.72. The van der Waals surface area contributed by atoms with Crippen molar-refractivity contribution in [2.24, 2.45) is 0 Å². The second-order valence-electron chi connectivity index (χ2n) is 2.48. The van der Waals surface area contributed by atoms with Gasteiger partial charge in [0.1, 0.15) is 8.63 Å². The molecule has 1 aromatic carbocycles. The topological polar surface area (TPSA) is 46.2 Å². The number of benzene rings is 1. The van der Waals surface area contributed by atoms with Crippen LogP contribution in [0.4, 0.5) is 5.69 Å². The number of rotatable bonds is 0. The molecular formula is C8H6INOS. The monoisotopic (exact) mass is 291 g/mol. The van der Waals surface area contributed by atoms with Crippen LogP contribution in [0.3, 0.4) is 0 Å². The lowest BCUT2D eigenvalue weighted by molar-refractivity contribution is 0.480. The molecule has 0 unspecified atom stereocenters. The number of nitrogen functional groups attached to an aromatic ring is 1. The van der Waals surface area contributed by atoms with E-state index < -0.39 is 0 Å². The first-order chi connectivity index (χ1) is 5.68. The Morgan fingerprint density at radius 2 is 2.17 bits per heavy atom. The molecule has 0 atom stereocenters. The van der Waals surface area contributed by atoms with Crippen LogP contribution in [-0.4, -0.2) is 5.11 Å². The highest BCUT2D eigenvalue weighted by Gasteiger charge is 2.07. The number of aromatic hydroxyl groups is 1. The van der Waals surface area contributed by atoms with Crippen molar-refractivity contribution in [2.75, 3.05) is 5.73 Å². The molecule has 0 fully saturated rings. The predicted octanol–water partition coefficient (Wildman–Crippen LogP) is 2.79. The van der Waals surface area contributed by atoms with Crippen molar-refractivity contribution in [1.29, 1.82) is 0 Å². The van der Waals surface area contributed by atoms with Gasteiger partial charge in [-0.3, -0.25) is 0 Å². The summed E-state index contributed by atoms with van der Waals surface area (Å²) < 4.78 is 1.95. The molecule has 0 saturated heterocycles. The van der Waals surface area contributed by atoms with E-state index in [4.69, 9.17) is 5.73 Å². The Morgan fingerprint density at radius 1 is 1.42 bits per heavy atom. The molecule has 0 spiro atoms. The maximum Gasteiger partial charge on any atom is 0.147 e. The average molecular weight is 291 g/mol. The maximum absolute atomic E-state index is 9.55. The first-order valence-corrected chi connectivity index (χ1v) is 5.24. The van der Waals surface area contributed by atoms with E-state index >= 15 is 0 Å². The van der Waals surface area contributed by atoms with Crippen LogP contribution in [0, 0.1) is 2.88 Å². The van der Waals surface area contributed by atoms with Crippen molar-refractivity contribution < 1.29 is 5.11 Å². The van der Waals surface area contributed by atoms with E-state index in [2.05, 4.69) is 22.6 Å². The third kappa shape index (κ3) is 1.15. The van der Waals surface area contributed by atoms with Gasteiger partial charge in [-0.1, -0.05) is 0 Å². The molecule has 2 aromatic rings. The van der Waals surface area contributed by atoms with E-state index in [-0.39, 0.29) is 0 Å². The summed E-state index contributed by atoms with van der Waals surface area (Å²) in [5.74, 6) is 0.371. The van der Waals surface area contributed by atoms with E-state index in [1.807, 2.05) is 12.1 Å². The highest BCUT2D eigenvalue weighted by Crippen LogP contribution is 2.38. The first kappa shape index (κ1) is 8.12. The molecule has 1 aromatic heterocycles. The Bertz CT molecular complexity index is 438. The Hall–Kier alpha value is -0.490. The molecule has 4 heteroatoms. The minimum atomic E-state index is 0.371. The first-order valence-electron chi connectivity index (χ1n) is 3.35. The van der Waals surface area contributed by atoms with Gasteiger partial charge in [0, 0.05) is 15.8 Å². The van der Waals surface area contributed by atoms with Gasteiger partial charge in [-0.05, 0) is 40.8 Å². The Morgan fingerprint density at radius 3 is 2.92 bits per heavy atom. The summed E-state index contributed by atoms with van der Waals surface area (Å²) in [5, 5.41) is 10.4. The summed E-state index contributed by atoms with van der Waals surface area (Å²) in [6.45, 7) is 0. The minimum Gasteiger partial charge on any atom is -0.505 e. The van der Waals surface area contributed by atoms with Crippen molar-refractivity contribution in [3.05, 3.63) is 21.1 Å². The largest absolute Gasteiger partial charge is 0.505 e. The smallest absolute Gasteiger partial charge is 0.147 e. The fourth-order valence-corrected chi connectivity index (χ4v) is 2.94. The Balaban J connectivity index is 2.87. The Kier molecular flexibility index (Phi) is 1.88. The molecule has 12 heavy (non-hydrogen) atoms. The van der Waals surface area contributed by atoms with Crippen molar-refractivity contribution >= 4 is 49.7 Å². The van der Waals surface area contributed by atoms with Crippen LogP contribution >= 0.6 is 33.9 Å². The second kappa shape index (κ2) is 2.77. The van der Waals surface area contributed by atoms with Gasteiger partial charge in [-0.15, -0.1) is 11.3 Å². The lowest BCUT2D eigenvalue weighted by atomic mass is 10.2. The molecule has 0 amide bonds. The lowest BCUT2D eigenvalue weighted by Gasteiger charge is -1.92. The molecular weight excluding hydrogens is 285 g/mol.